The number of hydrogen-bond donors (Lipinski definition) is 1. The molecule has 5 heteroatoms. The van der Waals surface area contributed by atoms with E-state index in [2.05, 4.69) is 11.2 Å². The maximum Gasteiger partial charge on any atom is 0.309 e. The second kappa shape index (κ2) is 4.81. The lowest BCUT2D eigenvalue weighted by Crippen LogP contribution is -2.13. The van der Waals surface area contributed by atoms with E-state index in [0.717, 1.165) is 0 Å². The van der Waals surface area contributed by atoms with Crippen molar-refractivity contribution in [2.75, 3.05) is 5.32 Å². The minimum atomic E-state index is -0.593. The first-order chi connectivity index (χ1) is 7.60. The summed E-state index contributed by atoms with van der Waals surface area (Å²) in [7, 11) is 0. The van der Waals surface area contributed by atoms with Crippen LogP contribution in [0.1, 0.15) is 12.5 Å². The summed E-state index contributed by atoms with van der Waals surface area (Å²) in [6, 6.07) is 5.92. The predicted octanol–water partition coefficient (Wildman–Crippen LogP) is 1.90. The van der Waals surface area contributed by atoms with E-state index >= 15 is 0 Å². The molecule has 0 bridgehead atoms. The van der Waals surface area contributed by atoms with Gasteiger partial charge in [-0.15, -0.1) is 6.42 Å². The quantitative estimate of drug-likeness (QED) is 0.474. The van der Waals surface area contributed by atoms with E-state index in [4.69, 9.17) is 11.7 Å². The summed E-state index contributed by atoms with van der Waals surface area (Å²) in [5, 5.41) is 22.4. The van der Waals surface area contributed by atoms with Gasteiger partial charge in [-0.25, -0.2) is 0 Å². The van der Waals surface area contributed by atoms with Gasteiger partial charge in [0.25, 0.3) is 0 Å². The highest BCUT2D eigenvalue weighted by Gasteiger charge is 2.19. The minimum Gasteiger partial charge on any atom is -0.366 e. The van der Waals surface area contributed by atoms with Crippen LogP contribution in [-0.2, 0) is 0 Å². The van der Waals surface area contributed by atoms with Crippen LogP contribution < -0.4 is 5.32 Å². The zero-order valence-corrected chi connectivity index (χ0v) is 8.60. The summed E-state index contributed by atoms with van der Waals surface area (Å²) in [5.41, 5.74) is 0.0285. The molecule has 0 aliphatic heterocycles. The first kappa shape index (κ1) is 11.5. The van der Waals surface area contributed by atoms with Crippen molar-refractivity contribution in [2.45, 2.75) is 13.0 Å². The molecular formula is C11H9N3O2. The first-order valence-electron chi connectivity index (χ1n) is 4.50. The fraction of sp³-hybridized carbons (Fsp3) is 0.182. The van der Waals surface area contributed by atoms with Gasteiger partial charge in [0.1, 0.15) is 17.3 Å². The molecule has 0 radical (unpaired) electrons. The van der Waals surface area contributed by atoms with Gasteiger partial charge in [0, 0.05) is 0 Å². The molecule has 16 heavy (non-hydrogen) atoms. The fourth-order valence-corrected chi connectivity index (χ4v) is 1.22. The van der Waals surface area contributed by atoms with E-state index in [1.807, 2.05) is 0 Å². The van der Waals surface area contributed by atoms with E-state index in [0.29, 0.717) is 0 Å². The lowest BCUT2D eigenvalue weighted by molar-refractivity contribution is -0.384. The second-order valence-electron chi connectivity index (χ2n) is 3.10. The summed E-state index contributed by atoms with van der Waals surface area (Å²) in [5.74, 6) is 2.40. The van der Waals surface area contributed by atoms with Crippen molar-refractivity contribution in [3.8, 4) is 18.4 Å². The van der Waals surface area contributed by atoms with Gasteiger partial charge in [0.05, 0.1) is 11.0 Å². The van der Waals surface area contributed by atoms with Crippen LogP contribution in [0, 0.1) is 33.8 Å². The largest absolute Gasteiger partial charge is 0.366 e. The van der Waals surface area contributed by atoms with Gasteiger partial charge >= 0.3 is 5.69 Å². The Kier molecular flexibility index (Phi) is 3.47. The van der Waals surface area contributed by atoms with Crippen LogP contribution in [0.5, 0.6) is 0 Å². The Morgan fingerprint density at radius 2 is 2.31 bits per heavy atom. The Hall–Kier alpha value is -2.53. The van der Waals surface area contributed by atoms with Crippen LogP contribution >= 0.6 is 0 Å². The molecule has 0 saturated heterocycles. The number of nitrogens with one attached hydrogen (secondary N) is 1. The highest BCUT2D eigenvalue weighted by molar-refractivity contribution is 5.69. The van der Waals surface area contributed by atoms with E-state index in [9.17, 15) is 10.1 Å². The molecule has 1 aromatic carbocycles. The zero-order chi connectivity index (χ0) is 12.1. The summed E-state index contributed by atoms with van der Waals surface area (Å²) < 4.78 is 0. The van der Waals surface area contributed by atoms with E-state index in [-0.39, 0.29) is 23.0 Å². The third kappa shape index (κ3) is 2.28. The highest BCUT2D eigenvalue weighted by Crippen LogP contribution is 2.28. The predicted molar refractivity (Wildman–Crippen MR) is 59.7 cm³/mol. The molecule has 80 valence electrons. The monoisotopic (exact) mass is 215 g/mol. The van der Waals surface area contributed by atoms with Crippen LogP contribution in [0.4, 0.5) is 11.4 Å². The van der Waals surface area contributed by atoms with Crippen molar-refractivity contribution in [1.82, 2.24) is 0 Å². The molecule has 1 aromatic rings. The van der Waals surface area contributed by atoms with Crippen LogP contribution in [0.25, 0.3) is 0 Å². The average molecular weight is 215 g/mol. The number of hydrogen-bond acceptors (Lipinski definition) is 4. The highest BCUT2D eigenvalue weighted by atomic mass is 16.6. The molecule has 0 aliphatic carbocycles. The average Bonchev–Trinajstić information content (AvgIpc) is 2.28. The summed E-state index contributed by atoms with van der Waals surface area (Å²) in [6.45, 7) is 1.70. The molecule has 5 nitrogen and oxygen atoms in total. The van der Waals surface area contributed by atoms with Gasteiger partial charge in [-0.3, -0.25) is 10.1 Å². The zero-order valence-electron chi connectivity index (χ0n) is 8.60. The summed E-state index contributed by atoms with van der Waals surface area (Å²) in [4.78, 5) is 10.2. The Morgan fingerprint density at radius 1 is 1.62 bits per heavy atom. The third-order valence-corrected chi connectivity index (χ3v) is 1.96. The van der Waals surface area contributed by atoms with Gasteiger partial charge in [-0.2, -0.15) is 5.26 Å². The molecule has 1 N–H and O–H groups in total. The lowest BCUT2D eigenvalue weighted by atomic mass is 10.1. The molecule has 0 aromatic heterocycles. The lowest BCUT2D eigenvalue weighted by Gasteiger charge is -2.09. The summed E-state index contributed by atoms with van der Waals surface area (Å²) >= 11 is 0. The molecule has 0 amide bonds. The minimum absolute atomic E-state index is 0.0132. The Bertz CT molecular complexity index is 497. The number of benzene rings is 1. The van der Waals surface area contributed by atoms with Crippen molar-refractivity contribution in [3.05, 3.63) is 33.9 Å². The Labute approximate surface area is 92.9 Å². The topological polar surface area (TPSA) is 79.0 Å². The second-order valence-corrected chi connectivity index (χ2v) is 3.10. The number of nitro benzene ring substituents is 1. The first-order valence-corrected chi connectivity index (χ1v) is 4.50. The van der Waals surface area contributed by atoms with Crippen molar-refractivity contribution >= 4 is 11.4 Å². The van der Waals surface area contributed by atoms with Crippen molar-refractivity contribution in [2.24, 2.45) is 0 Å². The summed E-state index contributed by atoms with van der Waals surface area (Å²) in [6.07, 6.45) is 5.17. The van der Waals surface area contributed by atoms with Crippen molar-refractivity contribution in [1.29, 1.82) is 5.26 Å². The number of para-hydroxylation sites is 1. The van der Waals surface area contributed by atoms with Gasteiger partial charge in [0.15, 0.2) is 0 Å². The van der Waals surface area contributed by atoms with E-state index in [1.165, 1.54) is 12.1 Å². The SMILES string of the molecule is C#CC(C)Nc1cccc(C#N)c1[N+](=O)[O-]. The van der Waals surface area contributed by atoms with Gasteiger partial charge in [0.2, 0.25) is 0 Å². The number of anilines is 1. The smallest absolute Gasteiger partial charge is 0.309 e. The number of nitro groups is 1. The maximum atomic E-state index is 10.8. The maximum absolute atomic E-state index is 10.8. The molecule has 0 fully saturated rings. The molecule has 0 spiro atoms. The Balaban J connectivity index is 3.25. The standard InChI is InChI=1S/C11H9N3O2/c1-3-8(2)13-10-6-4-5-9(7-12)11(10)14(15)16/h1,4-6,8,13H,2H3. The molecule has 0 heterocycles. The molecule has 1 rings (SSSR count). The van der Waals surface area contributed by atoms with Crippen molar-refractivity contribution in [3.63, 3.8) is 0 Å². The molecular weight excluding hydrogens is 206 g/mol. The van der Waals surface area contributed by atoms with Crippen LogP contribution in [0.15, 0.2) is 18.2 Å². The van der Waals surface area contributed by atoms with E-state index in [1.54, 1.807) is 19.1 Å². The molecule has 0 saturated carbocycles. The molecule has 1 atom stereocenters. The molecule has 1 unspecified atom stereocenters. The number of rotatable bonds is 3. The van der Waals surface area contributed by atoms with Gasteiger partial charge < -0.3 is 5.32 Å². The van der Waals surface area contributed by atoms with E-state index < -0.39 is 4.92 Å². The van der Waals surface area contributed by atoms with Crippen LogP contribution in [0.3, 0.4) is 0 Å². The number of terminal acetylenes is 1. The normalized spacial score (nSPS) is 10.9. The third-order valence-electron chi connectivity index (χ3n) is 1.96. The van der Waals surface area contributed by atoms with Crippen LogP contribution in [-0.4, -0.2) is 11.0 Å². The fourth-order valence-electron chi connectivity index (χ4n) is 1.22. The number of nitrogens with zero attached hydrogens (tertiary/aromatic N) is 2. The van der Waals surface area contributed by atoms with Gasteiger partial charge in [-0.1, -0.05) is 12.0 Å². The van der Waals surface area contributed by atoms with Crippen molar-refractivity contribution < 1.29 is 4.92 Å². The Morgan fingerprint density at radius 3 is 2.81 bits per heavy atom. The number of nitriles is 1. The van der Waals surface area contributed by atoms with Gasteiger partial charge in [-0.05, 0) is 19.1 Å². The van der Waals surface area contributed by atoms with Crippen LogP contribution in [0.2, 0.25) is 0 Å². The molecule has 0 aliphatic rings.